The summed E-state index contributed by atoms with van der Waals surface area (Å²) in [7, 11) is 0. The second kappa shape index (κ2) is 5.56. The molecule has 1 aliphatic rings. The number of rotatable bonds is 3. The summed E-state index contributed by atoms with van der Waals surface area (Å²) in [6.45, 7) is 0.509. The first-order valence-electron chi connectivity index (χ1n) is 6.07. The van der Waals surface area contributed by atoms with Crippen molar-refractivity contribution < 1.29 is 8.78 Å². The van der Waals surface area contributed by atoms with E-state index in [1.807, 2.05) is 0 Å². The van der Waals surface area contributed by atoms with Crippen molar-refractivity contribution in [1.29, 1.82) is 0 Å². The summed E-state index contributed by atoms with van der Waals surface area (Å²) in [5, 5.41) is 3.32. The van der Waals surface area contributed by atoms with Gasteiger partial charge in [0.1, 0.15) is 11.6 Å². The number of halogens is 2. The van der Waals surface area contributed by atoms with Crippen molar-refractivity contribution in [1.82, 2.24) is 5.32 Å². The molecule has 0 aliphatic heterocycles. The molecule has 1 saturated carbocycles. The standard InChI is InChI=1S/C13H18F2N2/c14-10-5-9(6-11(15)7-10)8-17-13-3-1-12(16)2-4-13/h5-7,12-13,17H,1-4,8,16H2. The van der Waals surface area contributed by atoms with Gasteiger partial charge in [-0.25, -0.2) is 8.78 Å². The summed E-state index contributed by atoms with van der Waals surface area (Å²) >= 11 is 0. The first-order valence-corrected chi connectivity index (χ1v) is 6.07. The van der Waals surface area contributed by atoms with E-state index in [0.29, 0.717) is 24.2 Å². The molecular formula is C13H18F2N2. The van der Waals surface area contributed by atoms with Crippen molar-refractivity contribution in [3.05, 3.63) is 35.4 Å². The quantitative estimate of drug-likeness (QED) is 0.851. The summed E-state index contributed by atoms with van der Waals surface area (Å²) in [5.74, 6) is -1.04. The van der Waals surface area contributed by atoms with Crippen LogP contribution in [-0.2, 0) is 6.54 Å². The lowest BCUT2D eigenvalue weighted by Crippen LogP contribution is -2.37. The van der Waals surface area contributed by atoms with Gasteiger partial charge in [-0.2, -0.15) is 0 Å². The molecule has 1 fully saturated rings. The van der Waals surface area contributed by atoms with Gasteiger partial charge in [-0.1, -0.05) is 0 Å². The molecule has 2 rings (SSSR count). The average Bonchev–Trinajstić information content (AvgIpc) is 2.27. The molecule has 0 radical (unpaired) electrons. The molecule has 0 spiro atoms. The van der Waals surface area contributed by atoms with Crippen LogP contribution in [0.3, 0.4) is 0 Å². The Hall–Kier alpha value is -1.00. The van der Waals surface area contributed by atoms with Gasteiger partial charge in [0.05, 0.1) is 0 Å². The summed E-state index contributed by atoms with van der Waals surface area (Å²) in [4.78, 5) is 0. The van der Waals surface area contributed by atoms with E-state index >= 15 is 0 Å². The molecule has 3 N–H and O–H groups in total. The van der Waals surface area contributed by atoms with Crippen LogP contribution < -0.4 is 11.1 Å². The molecule has 94 valence electrons. The van der Waals surface area contributed by atoms with E-state index in [9.17, 15) is 8.78 Å². The number of nitrogens with one attached hydrogen (secondary N) is 1. The molecular weight excluding hydrogens is 222 g/mol. The normalized spacial score (nSPS) is 24.9. The third kappa shape index (κ3) is 3.75. The topological polar surface area (TPSA) is 38.0 Å². The predicted molar refractivity (Wildman–Crippen MR) is 63.4 cm³/mol. The maximum Gasteiger partial charge on any atom is 0.126 e. The van der Waals surface area contributed by atoms with Gasteiger partial charge < -0.3 is 11.1 Å². The van der Waals surface area contributed by atoms with Crippen LogP contribution >= 0.6 is 0 Å². The second-order valence-electron chi connectivity index (χ2n) is 4.77. The third-order valence-corrected chi connectivity index (χ3v) is 3.29. The van der Waals surface area contributed by atoms with E-state index < -0.39 is 11.6 Å². The zero-order valence-corrected chi connectivity index (χ0v) is 9.76. The fraction of sp³-hybridized carbons (Fsp3) is 0.538. The van der Waals surface area contributed by atoms with Crippen molar-refractivity contribution in [2.24, 2.45) is 5.73 Å². The minimum absolute atomic E-state index is 0.319. The molecule has 0 bridgehead atoms. The Kier molecular flexibility index (Phi) is 4.07. The smallest absolute Gasteiger partial charge is 0.126 e. The Morgan fingerprint density at radius 2 is 1.65 bits per heavy atom. The highest BCUT2D eigenvalue weighted by atomic mass is 19.1. The van der Waals surface area contributed by atoms with Crippen molar-refractivity contribution >= 4 is 0 Å². The molecule has 0 atom stereocenters. The van der Waals surface area contributed by atoms with Crippen molar-refractivity contribution in [3.63, 3.8) is 0 Å². The van der Waals surface area contributed by atoms with E-state index in [1.54, 1.807) is 0 Å². The summed E-state index contributed by atoms with van der Waals surface area (Å²) in [6, 6.07) is 4.36. The van der Waals surface area contributed by atoms with Gasteiger partial charge in [0, 0.05) is 24.7 Å². The van der Waals surface area contributed by atoms with Gasteiger partial charge in [0.15, 0.2) is 0 Å². The van der Waals surface area contributed by atoms with Gasteiger partial charge in [0.2, 0.25) is 0 Å². The Labute approximate surface area is 100 Å². The summed E-state index contributed by atoms with van der Waals surface area (Å²) in [5.41, 5.74) is 6.47. The highest BCUT2D eigenvalue weighted by Crippen LogP contribution is 2.17. The van der Waals surface area contributed by atoms with Gasteiger partial charge in [-0.3, -0.25) is 0 Å². The summed E-state index contributed by atoms with van der Waals surface area (Å²) < 4.78 is 25.9. The van der Waals surface area contributed by atoms with Gasteiger partial charge in [0.25, 0.3) is 0 Å². The largest absolute Gasteiger partial charge is 0.328 e. The third-order valence-electron chi connectivity index (χ3n) is 3.29. The SMILES string of the molecule is NC1CCC(NCc2cc(F)cc(F)c2)CC1. The van der Waals surface area contributed by atoms with E-state index in [4.69, 9.17) is 5.73 Å². The monoisotopic (exact) mass is 240 g/mol. The minimum atomic E-state index is -0.521. The molecule has 1 aromatic rings. The first kappa shape index (κ1) is 12.5. The molecule has 0 aromatic heterocycles. The number of hydrogen-bond acceptors (Lipinski definition) is 2. The molecule has 4 heteroatoms. The van der Waals surface area contributed by atoms with E-state index in [0.717, 1.165) is 31.7 Å². The zero-order chi connectivity index (χ0) is 12.3. The fourth-order valence-electron chi connectivity index (χ4n) is 2.30. The number of hydrogen-bond donors (Lipinski definition) is 2. The molecule has 0 saturated heterocycles. The molecule has 2 nitrogen and oxygen atoms in total. The van der Waals surface area contributed by atoms with Crippen molar-refractivity contribution in [2.45, 2.75) is 44.3 Å². The molecule has 0 amide bonds. The summed E-state index contributed by atoms with van der Waals surface area (Å²) in [6.07, 6.45) is 4.13. The number of nitrogens with two attached hydrogens (primary N) is 1. The Bertz CT molecular complexity index is 353. The van der Waals surface area contributed by atoms with Crippen LogP contribution in [0.5, 0.6) is 0 Å². The molecule has 0 heterocycles. The van der Waals surface area contributed by atoms with Crippen LogP contribution in [0, 0.1) is 11.6 Å². The Morgan fingerprint density at radius 3 is 2.24 bits per heavy atom. The van der Waals surface area contributed by atoms with Gasteiger partial charge in [-0.15, -0.1) is 0 Å². The van der Waals surface area contributed by atoms with Crippen LogP contribution in [0.15, 0.2) is 18.2 Å². The predicted octanol–water partition coefficient (Wildman–Crippen LogP) is 2.32. The molecule has 17 heavy (non-hydrogen) atoms. The first-order chi connectivity index (χ1) is 8.13. The van der Waals surface area contributed by atoms with E-state index in [-0.39, 0.29) is 0 Å². The maximum atomic E-state index is 13.0. The lowest BCUT2D eigenvalue weighted by Gasteiger charge is -2.27. The van der Waals surface area contributed by atoms with Crippen LogP contribution in [0.25, 0.3) is 0 Å². The van der Waals surface area contributed by atoms with Crippen LogP contribution in [0.2, 0.25) is 0 Å². The van der Waals surface area contributed by atoms with Crippen LogP contribution in [0.4, 0.5) is 8.78 Å². The Morgan fingerprint density at radius 1 is 1.06 bits per heavy atom. The van der Waals surface area contributed by atoms with E-state index in [1.165, 1.54) is 12.1 Å². The zero-order valence-electron chi connectivity index (χ0n) is 9.76. The molecule has 1 aliphatic carbocycles. The lowest BCUT2D eigenvalue weighted by molar-refractivity contribution is 0.341. The molecule has 0 unspecified atom stereocenters. The average molecular weight is 240 g/mol. The van der Waals surface area contributed by atoms with Gasteiger partial charge in [-0.05, 0) is 43.4 Å². The lowest BCUT2D eigenvalue weighted by atomic mass is 9.92. The highest BCUT2D eigenvalue weighted by molar-refractivity contribution is 5.17. The second-order valence-corrected chi connectivity index (χ2v) is 4.77. The Balaban J connectivity index is 1.85. The fourth-order valence-corrected chi connectivity index (χ4v) is 2.30. The van der Waals surface area contributed by atoms with Crippen molar-refractivity contribution in [3.8, 4) is 0 Å². The van der Waals surface area contributed by atoms with Crippen LogP contribution in [0.1, 0.15) is 31.2 Å². The minimum Gasteiger partial charge on any atom is -0.328 e. The van der Waals surface area contributed by atoms with Gasteiger partial charge >= 0.3 is 0 Å². The van der Waals surface area contributed by atoms with Crippen LogP contribution in [-0.4, -0.2) is 12.1 Å². The highest BCUT2D eigenvalue weighted by Gasteiger charge is 2.17. The van der Waals surface area contributed by atoms with E-state index in [2.05, 4.69) is 5.32 Å². The maximum absolute atomic E-state index is 13.0. The van der Waals surface area contributed by atoms with Crippen molar-refractivity contribution in [2.75, 3.05) is 0 Å². The molecule has 1 aromatic carbocycles. The number of benzene rings is 1.